The molecule has 2 aromatic rings. The van der Waals surface area contributed by atoms with E-state index in [4.69, 9.17) is 4.74 Å². The molecule has 0 radical (unpaired) electrons. The van der Waals surface area contributed by atoms with Crippen molar-refractivity contribution in [1.29, 1.82) is 0 Å². The Labute approximate surface area is 113 Å². The first-order valence-corrected chi connectivity index (χ1v) is 6.43. The smallest absolute Gasteiger partial charge is 0.120 e. The Bertz CT molecular complexity index is 552. The molecule has 1 aromatic carbocycles. The van der Waals surface area contributed by atoms with Crippen LogP contribution in [0.5, 0.6) is 5.75 Å². The topological polar surface area (TPSA) is 42.4 Å². The number of rotatable bonds is 4. The maximum Gasteiger partial charge on any atom is 0.120 e. The van der Waals surface area contributed by atoms with Gasteiger partial charge in [0.2, 0.25) is 0 Å². The van der Waals surface area contributed by atoms with E-state index in [0.29, 0.717) is 0 Å². The van der Waals surface area contributed by atoms with Crippen molar-refractivity contribution in [1.82, 2.24) is 4.98 Å². The van der Waals surface area contributed by atoms with Crippen LogP contribution in [0.2, 0.25) is 0 Å². The van der Waals surface area contributed by atoms with E-state index >= 15 is 0 Å². The molecule has 19 heavy (non-hydrogen) atoms. The van der Waals surface area contributed by atoms with Gasteiger partial charge < -0.3 is 9.84 Å². The van der Waals surface area contributed by atoms with Crippen molar-refractivity contribution in [3.63, 3.8) is 0 Å². The monoisotopic (exact) mass is 257 g/mol. The minimum Gasteiger partial charge on any atom is -0.491 e. The number of hydrogen-bond donors (Lipinski definition) is 1. The molecular formula is C16H19NO2. The average Bonchev–Trinajstić information content (AvgIpc) is 2.38. The highest BCUT2D eigenvalue weighted by Crippen LogP contribution is 2.26. The molecule has 1 atom stereocenters. The van der Waals surface area contributed by atoms with E-state index in [9.17, 15) is 5.11 Å². The van der Waals surface area contributed by atoms with Crippen molar-refractivity contribution in [3.05, 3.63) is 59.4 Å². The van der Waals surface area contributed by atoms with Gasteiger partial charge in [0, 0.05) is 12.4 Å². The molecule has 0 bridgehead atoms. The van der Waals surface area contributed by atoms with Crippen LogP contribution < -0.4 is 4.74 Å². The van der Waals surface area contributed by atoms with E-state index in [0.717, 1.165) is 22.4 Å². The van der Waals surface area contributed by atoms with E-state index < -0.39 is 6.10 Å². The number of benzene rings is 1. The summed E-state index contributed by atoms with van der Waals surface area (Å²) in [5, 5.41) is 10.4. The van der Waals surface area contributed by atoms with Crippen LogP contribution in [0.1, 0.15) is 36.6 Å². The summed E-state index contributed by atoms with van der Waals surface area (Å²) in [4.78, 5) is 4.04. The molecule has 0 aliphatic heterocycles. The van der Waals surface area contributed by atoms with Crippen LogP contribution in [-0.2, 0) is 0 Å². The number of aliphatic hydroxyl groups is 1. The third kappa shape index (κ3) is 3.32. The summed E-state index contributed by atoms with van der Waals surface area (Å²) in [6.07, 6.45) is 2.92. The second kappa shape index (κ2) is 5.85. The van der Waals surface area contributed by atoms with Crippen molar-refractivity contribution in [2.45, 2.75) is 33.0 Å². The van der Waals surface area contributed by atoms with Gasteiger partial charge in [-0.15, -0.1) is 0 Å². The number of aromatic nitrogens is 1. The molecule has 1 heterocycles. The fourth-order valence-corrected chi connectivity index (χ4v) is 2.00. The molecule has 1 unspecified atom stereocenters. The SMILES string of the molecule is Cc1cnccc1C(O)c1cccc(OC(C)C)c1. The minimum absolute atomic E-state index is 0.120. The molecule has 100 valence electrons. The molecule has 0 saturated carbocycles. The van der Waals surface area contributed by atoms with Crippen LogP contribution in [-0.4, -0.2) is 16.2 Å². The Balaban J connectivity index is 2.29. The van der Waals surface area contributed by atoms with Crippen LogP contribution in [0.4, 0.5) is 0 Å². The fourth-order valence-electron chi connectivity index (χ4n) is 2.00. The molecule has 3 nitrogen and oxygen atoms in total. The first-order chi connectivity index (χ1) is 9.08. The first-order valence-electron chi connectivity index (χ1n) is 6.43. The summed E-state index contributed by atoms with van der Waals surface area (Å²) >= 11 is 0. The molecule has 0 aliphatic rings. The number of hydrogen-bond acceptors (Lipinski definition) is 3. The lowest BCUT2D eigenvalue weighted by atomic mass is 9.99. The van der Waals surface area contributed by atoms with Gasteiger partial charge in [0.25, 0.3) is 0 Å². The van der Waals surface area contributed by atoms with E-state index in [-0.39, 0.29) is 6.10 Å². The lowest BCUT2D eigenvalue weighted by Gasteiger charge is -2.16. The maximum atomic E-state index is 10.4. The van der Waals surface area contributed by atoms with Gasteiger partial charge in [-0.25, -0.2) is 0 Å². The summed E-state index contributed by atoms with van der Waals surface area (Å²) in [6.45, 7) is 5.91. The third-order valence-corrected chi connectivity index (χ3v) is 2.90. The molecule has 0 spiro atoms. The number of aryl methyl sites for hydroxylation is 1. The zero-order valence-electron chi connectivity index (χ0n) is 11.5. The predicted molar refractivity (Wildman–Crippen MR) is 75.2 cm³/mol. The molecule has 0 amide bonds. The van der Waals surface area contributed by atoms with Crippen LogP contribution in [0.3, 0.4) is 0 Å². The summed E-state index contributed by atoms with van der Waals surface area (Å²) < 4.78 is 5.65. The van der Waals surface area contributed by atoms with Crippen LogP contribution in [0.15, 0.2) is 42.7 Å². The molecule has 3 heteroatoms. The average molecular weight is 257 g/mol. The Morgan fingerprint density at radius 1 is 1.21 bits per heavy atom. The van der Waals surface area contributed by atoms with Gasteiger partial charge in [-0.05, 0) is 55.7 Å². The number of ether oxygens (including phenoxy) is 1. The zero-order chi connectivity index (χ0) is 13.8. The highest BCUT2D eigenvalue weighted by molar-refractivity contribution is 5.37. The lowest BCUT2D eigenvalue weighted by molar-refractivity contribution is 0.215. The van der Waals surface area contributed by atoms with E-state index in [1.165, 1.54) is 0 Å². The molecule has 0 fully saturated rings. The number of pyridine rings is 1. The van der Waals surface area contributed by atoms with Crippen molar-refractivity contribution in [2.75, 3.05) is 0 Å². The largest absolute Gasteiger partial charge is 0.491 e. The Hall–Kier alpha value is -1.87. The molecular weight excluding hydrogens is 238 g/mol. The summed E-state index contributed by atoms with van der Waals surface area (Å²) in [5.41, 5.74) is 2.68. The summed E-state index contributed by atoms with van der Waals surface area (Å²) in [6, 6.07) is 9.42. The fraction of sp³-hybridized carbons (Fsp3) is 0.312. The molecule has 2 rings (SSSR count). The van der Waals surface area contributed by atoms with Crippen molar-refractivity contribution in [2.24, 2.45) is 0 Å². The second-order valence-electron chi connectivity index (χ2n) is 4.87. The van der Waals surface area contributed by atoms with Crippen molar-refractivity contribution in [3.8, 4) is 5.75 Å². The number of aliphatic hydroxyl groups excluding tert-OH is 1. The summed E-state index contributed by atoms with van der Waals surface area (Å²) in [5.74, 6) is 0.776. The van der Waals surface area contributed by atoms with Gasteiger partial charge in [-0.2, -0.15) is 0 Å². The van der Waals surface area contributed by atoms with Crippen molar-refractivity contribution >= 4 is 0 Å². The van der Waals surface area contributed by atoms with Gasteiger partial charge in [-0.1, -0.05) is 12.1 Å². The van der Waals surface area contributed by atoms with E-state index in [2.05, 4.69) is 4.98 Å². The van der Waals surface area contributed by atoms with Gasteiger partial charge >= 0.3 is 0 Å². The summed E-state index contributed by atoms with van der Waals surface area (Å²) in [7, 11) is 0. The van der Waals surface area contributed by atoms with Crippen LogP contribution in [0.25, 0.3) is 0 Å². The molecule has 0 saturated heterocycles. The Morgan fingerprint density at radius 2 is 2.00 bits per heavy atom. The highest BCUT2D eigenvalue weighted by Gasteiger charge is 2.13. The predicted octanol–water partition coefficient (Wildman–Crippen LogP) is 3.26. The van der Waals surface area contributed by atoms with Gasteiger partial charge in [0.15, 0.2) is 0 Å². The minimum atomic E-state index is -0.654. The number of nitrogens with zero attached hydrogens (tertiary/aromatic N) is 1. The molecule has 1 aromatic heterocycles. The molecule has 0 aliphatic carbocycles. The Kier molecular flexibility index (Phi) is 4.17. The highest BCUT2D eigenvalue weighted by atomic mass is 16.5. The van der Waals surface area contributed by atoms with Gasteiger partial charge in [0.05, 0.1) is 6.10 Å². The van der Waals surface area contributed by atoms with Crippen LogP contribution >= 0.6 is 0 Å². The second-order valence-corrected chi connectivity index (χ2v) is 4.87. The van der Waals surface area contributed by atoms with Crippen molar-refractivity contribution < 1.29 is 9.84 Å². The standard InChI is InChI=1S/C16H19NO2/c1-11(2)19-14-6-4-5-13(9-14)16(18)15-7-8-17-10-12(15)3/h4-11,16,18H,1-3H3. The third-order valence-electron chi connectivity index (χ3n) is 2.90. The first kappa shape index (κ1) is 13.6. The lowest BCUT2D eigenvalue weighted by Crippen LogP contribution is -2.07. The quantitative estimate of drug-likeness (QED) is 0.914. The van der Waals surface area contributed by atoms with E-state index in [1.807, 2.05) is 51.1 Å². The molecule has 1 N–H and O–H groups in total. The van der Waals surface area contributed by atoms with Gasteiger partial charge in [-0.3, -0.25) is 4.98 Å². The zero-order valence-corrected chi connectivity index (χ0v) is 11.5. The van der Waals surface area contributed by atoms with Gasteiger partial charge in [0.1, 0.15) is 11.9 Å². The normalized spacial score (nSPS) is 12.5. The Morgan fingerprint density at radius 3 is 2.68 bits per heavy atom. The van der Waals surface area contributed by atoms with Crippen LogP contribution in [0, 0.1) is 6.92 Å². The van der Waals surface area contributed by atoms with E-state index in [1.54, 1.807) is 12.4 Å². The maximum absolute atomic E-state index is 10.4.